The van der Waals surface area contributed by atoms with Crippen molar-refractivity contribution in [2.24, 2.45) is 0 Å². The van der Waals surface area contributed by atoms with Crippen molar-refractivity contribution in [3.05, 3.63) is 18.3 Å². The number of aromatic nitrogens is 1. The molecule has 0 saturated heterocycles. The predicted molar refractivity (Wildman–Crippen MR) is 49.8 cm³/mol. The number of anilines is 1. The van der Waals surface area contributed by atoms with Gasteiger partial charge in [0.15, 0.2) is 11.6 Å². The molecule has 1 heterocycles. The van der Waals surface area contributed by atoms with Crippen LogP contribution in [0.1, 0.15) is 13.8 Å². The second kappa shape index (κ2) is 4.36. The van der Waals surface area contributed by atoms with E-state index in [1.807, 2.05) is 0 Å². The Hall–Kier alpha value is -1.91. The zero-order valence-electron chi connectivity index (χ0n) is 7.90. The second-order valence-electron chi connectivity index (χ2n) is 2.62. The van der Waals surface area contributed by atoms with Gasteiger partial charge in [-0.25, -0.2) is 4.98 Å². The summed E-state index contributed by atoms with van der Waals surface area (Å²) in [6.45, 7) is 2.64. The molecule has 14 heavy (non-hydrogen) atoms. The molecule has 5 nitrogen and oxygen atoms in total. The lowest BCUT2D eigenvalue weighted by molar-refractivity contribution is -0.131. The minimum atomic E-state index is -0.454. The molecule has 1 aromatic rings. The van der Waals surface area contributed by atoms with Crippen LogP contribution in [0.3, 0.4) is 0 Å². The fourth-order valence-corrected chi connectivity index (χ4v) is 0.888. The molecule has 0 fully saturated rings. The Bertz CT molecular complexity index is 328. The molecular formula is C9H10N2O3. The molecule has 1 aromatic heterocycles. The number of amides is 1. The highest BCUT2D eigenvalue weighted by molar-refractivity contribution is 5.89. The van der Waals surface area contributed by atoms with Crippen molar-refractivity contribution < 1.29 is 14.3 Å². The van der Waals surface area contributed by atoms with E-state index in [0.29, 0.717) is 0 Å². The molecular weight excluding hydrogens is 184 g/mol. The Kier molecular flexibility index (Phi) is 3.17. The summed E-state index contributed by atoms with van der Waals surface area (Å²) in [6.07, 6.45) is 1.50. The van der Waals surface area contributed by atoms with Crippen LogP contribution in [-0.4, -0.2) is 16.9 Å². The van der Waals surface area contributed by atoms with Gasteiger partial charge in [0.05, 0.1) is 0 Å². The van der Waals surface area contributed by atoms with Crippen LogP contribution in [0, 0.1) is 0 Å². The maximum Gasteiger partial charge on any atom is 0.308 e. The van der Waals surface area contributed by atoms with E-state index in [-0.39, 0.29) is 17.5 Å². The molecule has 0 bridgehead atoms. The fourth-order valence-electron chi connectivity index (χ4n) is 0.888. The summed E-state index contributed by atoms with van der Waals surface area (Å²) >= 11 is 0. The molecule has 0 aromatic carbocycles. The van der Waals surface area contributed by atoms with Gasteiger partial charge in [-0.15, -0.1) is 0 Å². The van der Waals surface area contributed by atoms with Crippen LogP contribution < -0.4 is 10.1 Å². The van der Waals surface area contributed by atoms with E-state index in [2.05, 4.69) is 10.3 Å². The number of pyridine rings is 1. The van der Waals surface area contributed by atoms with Crippen molar-refractivity contribution in [3.8, 4) is 5.75 Å². The monoisotopic (exact) mass is 194 g/mol. The number of hydrogen-bond acceptors (Lipinski definition) is 4. The van der Waals surface area contributed by atoms with Gasteiger partial charge in [0.2, 0.25) is 5.91 Å². The molecule has 1 amide bonds. The third kappa shape index (κ3) is 2.85. The molecule has 1 rings (SSSR count). The zero-order valence-corrected chi connectivity index (χ0v) is 7.90. The summed E-state index contributed by atoms with van der Waals surface area (Å²) in [7, 11) is 0. The number of esters is 1. The van der Waals surface area contributed by atoms with Crippen LogP contribution in [0.25, 0.3) is 0 Å². The van der Waals surface area contributed by atoms with Crippen molar-refractivity contribution in [2.75, 3.05) is 5.32 Å². The number of ether oxygens (including phenoxy) is 1. The van der Waals surface area contributed by atoms with Gasteiger partial charge in [-0.3, -0.25) is 9.59 Å². The van der Waals surface area contributed by atoms with Crippen LogP contribution in [0.2, 0.25) is 0 Å². The van der Waals surface area contributed by atoms with Gasteiger partial charge in [0, 0.05) is 20.0 Å². The van der Waals surface area contributed by atoms with E-state index in [1.165, 1.54) is 20.0 Å². The Morgan fingerprint density at radius 1 is 1.43 bits per heavy atom. The lowest BCUT2D eigenvalue weighted by Crippen LogP contribution is -2.11. The maximum atomic E-state index is 10.8. The van der Waals surface area contributed by atoms with E-state index >= 15 is 0 Å². The maximum absolute atomic E-state index is 10.8. The van der Waals surface area contributed by atoms with Gasteiger partial charge in [-0.05, 0) is 12.1 Å². The zero-order chi connectivity index (χ0) is 10.6. The van der Waals surface area contributed by atoms with Gasteiger partial charge in [0.25, 0.3) is 0 Å². The second-order valence-corrected chi connectivity index (χ2v) is 2.62. The molecule has 0 radical (unpaired) electrons. The molecule has 0 aliphatic heterocycles. The highest BCUT2D eigenvalue weighted by Crippen LogP contribution is 2.20. The third-order valence-corrected chi connectivity index (χ3v) is 1.32. The van der Waals surface area contributed by atoms with Gasteiger partial charge in [-0.1, -0.05) is 0 Å². The van der Waals surface area contributed by atoms with E-state index in [4.69, 9.17) is 4.74 Å². The smallest absolute Gasteiger partial charge is 0.308 e. The Labute approximate surface area is 81.1 Å². The normalized spacial score (nSPS) is 9.29. The summed E-state index contributed by atoms with van der Waals surface area (Å²) in [4.78, 5) is 25.3. The van der Waals surface area contributed by atoms with Crippen LogP contribution >= 0.6 is 0 Å². The number of nitrogens with zero attached hydrogens (tertiary/aromatic N) is 1. The highest BCUT2D eigenvalue weighted by atomic mass is 16.5. The average Bonchev–Trinajstić information content (AvgIpc) is 2.06. The van der Waals surface area contributed by atoms with Crippen LogP contribution in [0.4, 0.5) is 5.82 Å². The summed E-state index contributed by atoms with van der Waals surface area (Å²) < 4.78 is 4.83. The van der Waals surface area contributed by atoms with Crippen LogP contribution in [-0.2, 0) is 9.59 Å². The van der Waals surface area contributed by atoms with Crippen molar-refractivity contribution in [1.82, 2.24) is 4.98 Å². The molecule has 74 valence electrons. The Morgan fingerprint density at radius 3 is 2.71 bits per heavy atom. The average molecular weight is 194 g/mol. The van der Waals surface area contributed by atoms with E-state index in [9.17, 15) is 9.59 Å². The number of rotatable bonds is 2. The quantitative estimate of drug-likeness (QED) is 0.712. The van der Waals surface area contributed by atoms with E-state index in [0.717, 1.165) is 0 Å². The molecule has 1 N–H and O–H groups in total. The first kappa shape index (κ1) is 10.2. The third-order valence-electron chi connectivity index (χ3n) is 1.32. The predicted octanol–water partition coefficient (Wildman–Crippen LogP) is 0.965. The lowest BCUT2D eigenvalue weighted by Gasteiger charge is -2.06. The topological polar surface area (TPSA) is 68.3 Å². The van der Waals surface area contributed by atoms with E-state index in [1.54, 1.807) is 12.1 Å². The minimum absolute atomic E-state index is 0.246. The van der Waals surface area contributed by atoms with E-state index < -0.39 is 5.97 Å². The SMILES string of the molecule is CC(=O)Nc1ncccc1OC(C)=O. The molecule has 0 saturated carbocycles. The van der Waals surface area contributed by atoms with Crippen molar-refractivity contribution >= 4 is 17.7 Å². The molecule has 0 aliphatic carbocycles. The van der Waals surface area contributed by atoms with Crippen LogP contribution in [0.5, 0.6) is 5.75 Å². The minimum Gasteiger partial charge on any atom is -0.423 e. The number of carbonyl (C=O) groups is 2. The number of nitrogens with one attached hydrogen (secondary N) is 1. The highest BCUT2D eigenvalue weighted by Gasteiger charge is 2.07. The van der Waals surface area contributed by atoms with Crippen molar-refractivity contribution in [1.29, 1.82) is 0 Å². The number of hydrogen-bond donors (Lipinski definition) is 1. The van der Waals surface area contributed by atoms with Crippen molar-refractivity contribution in [2.45, 2.75) is 13.8 Å². The first-order valence-corrected chi connectivity index (χ1v) is 4.00. The molecule has 0 unspecified atom stereocenters. The lowest BCUT2D eigenvalue weighted by atomic mass is 10.4. The molecule has 5 heteroatoms. The fraction of sp³-hybridized carbons (Fsp3) is 0.222. The Balaban J connectivity index is 2.90. The number of carbonyl (C=O) groups excluding carboxylic acids is 2. The van der Waals surface area contributed by atoms with Gasteiger partial charge in [0.1, 0.15) is 0 Å². The molecule has 0 spiro atoms. The Morgan fingerprint density at radius 2 is 2.14 bits per heavy atom. The first-order chi connectivity index (χ1) is 6.59. The largest absolute Gasteiger partial charge is 0.423 e. The van der Waals surface area contributed by atoms with Crippen LogP contribution in [0.15, 0.2) is 18.3 Å². The van der Waals surface area contributed by atoms with Gasteiger partial charge < -0.3 is 10.1 Å². The molecule has 0 aliphatic rings. The molecule has 0 atom stereocenters. The summed E-state index contributed by atoms with van der Waals surface area (Å²) in [5, 5.41) is 2.45. The van der Waals surface area contributed by atoms with Gasteiger partial charge in [-0.2, -0.15) is 0 Å². The van der Waals surface area contributed by atoms with Crippen molar-refractivity contribution in [3.63, 3.8) is 0 Å². The standard InChI is InChI=1S/C9H10N2O3/c1-6(12)11-9-8(14-7(2)13)4-3-5-10-9/h3-5H,1-2H3,(H,10,11,12). The van der Waals surface area contributed by atoms with Gasteiger partial charge >= 0.3 is 5.97 Å². The summed E-state index contributed by atoms with van der Waals surface area (Å²) in [6, 6.07) is 3.17. The first-order valence-electron chi connectivity index (χ1n) is 4.00. The summed E-state index contributed by atoms with van der Waals surface area (Å²) in [5.41, 5.74) is 0. The summed E-state index contributed by atoms with van der Waals surface area (Å²) in [5.74, 6) is -0.230.